The van der Waals surface area contributed by atoms with Gasteiger partial charge in [0.2, 0.25) is 0 Å². The largest absolute Gasteiger partial charge is 0.380 e. The number of nitrogens with zero attached hydrogens (tertiary/aromatic N) is 1. The van der Waals surface area contributed by atoms with Crippen LogP contribution in [0.25, 0.3) is 0 Å². The zero-order valence-corrected chi connectivity index (χ0v) is 11.5. The van der Waals surface area contributed by atoms with Crippen LogP contribution in [-0.4, -0.2) is 43.5 Å². The number of likely N-dealkylation sites (N-methyl/N-ethyl adjacent to an activating group) is 1. The molecule has 106 valence electrons. The molecule has 1 atom stereocenters. The molecule has 0 aromatic heterocycles. The molecular formula is C14H19F2NO2. The zero-order valence-electron chi connectivity index (χ0n) is 11.5. The minimum atomic E-state index is -0.824. The average Bonchev–Trinajstić information content (AvgIpc) is 2.37. The predicted octanol–water partition coefficient (Wildman–Crippen LogP) is 2.50. The summed E-state index contributed by atoms with van der Waals surface area (Å²) in [4.78, 5) is 13.9. The molecule has 0 aliphatic heterocycles. The van der Waals surface area contributed by atoms with E-state index in [1.165, 1.54) is 6.07 Å². The van der Waals surface area contributed by atoms with Crippen LogP contribution >= 0.6 is 0 Å². The fourth-order valence-electron chi connectivity index (χ4n) is 1.66. The van der Waals surface area contributed by atoms with Crippen molar-refractivity contribution < 1.29 is 18.3 Å². The minimum absolute atomic E-state index is 0.0860. The Morgan fingerprint density at radius 1 is 1.42 bits per heavy atom. The van der Waals surface area contributed by atoms with Crippen LogP contribution in [0.3, 0.4) is 0 Å². The number of benzene rings is 1. The number of hydrogen-bond donors (Lipinski definition) is 0. The number of ether oxygens (including phenoxy) is 1. The number of hydrogen-bond acceptors (Lipinski definition) is 3. The van der Waals surface area contributed by atoms with Gasteiger partial charge in [-0.3, -0.25) is 9.69 Å². The lowest BCUT2D eigenvalue weighted by Crippen LogP contribution is -2.38. The van der Waals surface area contributed by atoms with Crippen LogP contribution in [0.1, 0.15) is 24.2 Å². The van der Waals surface area contributed by atoms with Crippen LogP contribution in [0, 0.1) is 11.6 Å². The van der Waals surface area contributed by atoms with Gasteiger partial charge in [0.15, 0.2) is 5.78 Å². The Balaban J connectivity index is 2.70. The van der Waals surface area contributed by atoms with Crippen LogP contribution in [0.4, 0.5) is 8.78 Å². The second-order valence-electron chi connectivity index (χ2n) is 4.34. The summed E-state index contributed by atoms with van der Waals surface area (Å²) >= 11 is 0. The molecule has 0 saturated heterocycles. The highest BCUT2D eigenvalue weighted by atomic mass is 19.1. The Morgan fingerprint density at radius 2 is 2.11 bits per heavy atom. The molecule has 1 aromatic carbocycles. The van der Waals surface area contributed by atoms with Crippen molar-refractivity contribution in [3.05, 3.63) is 35.4 Å². The van der Waals surface area contributed by atoms with Crippen molar-refractivity contribution in [3.8, 4) is 0 Å². The topological polar surface area (TPSA) is 29.5 Å². The Hall–Kier alpha value is -1.33. The second kappa shape index (κ2) is 7.31. The molecule has 0 saturated carbocycles. The fourth-order valence-corrected chi connectivity index (χ4v) is 1.66. The van der Waals surface area contributed by atoms with Crippen LogP contribution in [0.15, 0.2) is 18.2 Å². The molecule has 0 fully saturated rings. The van der Waals surface area contributed by atoms with E-state index in [1.54, 1.807) is 18.9 Å². The molecule has 3 nitrogen and oxygen atoms in total. The van der Waals surface area contributed by atoms with E-state index in [-0.39, 0.29) is 11.3 Å². The zero-order chi connectivity index (χ0) is 14.4. The van der Waals surface area contributed by atoms with E-state index in [1.807, 2.05) is 6.92 Å². The van der Waals surface area contributed by atoms with Crippen LogP contribution in [0.2, 0.25) is 0 Å². The van der Waals surface area contributed by atoms with Crippen LogP contribution < -0.4 is 0 Å². The maximum absolute atomic E-state index is 13.5. The van der Waals surface area contributed by atoms with E-state index in [0.29, 0.717) is 19.8 Å². The number of halogens is 2. The lowest BCUT2D eigenvalue weighted by atomic mass is 10.0. The molecule has 0 heterocycles. The molecule has 0 spiro atoms. The third-order valence-electron chi connectivity index (χ3n) is 3.03. The van der Waals surface area contributed by atoms with Gasteiger partial charge in [-0.2, -0.15) is 0 Å². The third-order valence-corrected chi connectivity index (χ3v) is 3.03. The monoisotopic (exact) mass is 271 g/mol. The van der Waals surface area contributed by atoms with E-state index in [4.69, 9.17) is 4.74 Å². The molecule has 1 unspecified atom stereocenters. The minimum Gasteiger partial charge on any atom is -0.380 e. The number of carbonyl (C=O) groups excluding carboxylic acids is 1. The molecule has 0 aliphatic carbocycles. The summed E-state index contributed by atoms with van der Waals surface area (Å²) in [7, 11) is 1.77. The van der Waals surface area contributed by atoms with Gasteiger partial charge in [-0.1, -0.05) is 0 Å². The highest BCUT2D eigenvalue weighted by molar-refractivity contribution is 6.00. The molecule has 0 bridgehead atoms. The van der Waals surface area contributed by atoms with Gasteiger partial charge < -0.3 is 4.74 Å². The van der Waals surface area contributed by atoms with Crippen molar-refractivity contribution in [3.63, 3.8) is 0 Å². The predicted molar refractivity (Wildman–Crippen MR) is 69.3 cm³/mol. The van der Waals surface area contributed by atoms with Crippen molar-refractivity contribution in [1.29, 1.82) is 0 Å². The molecule has 0 radical (unpaired) electrons. The molecule has 19 heavy (non-hydrogen) atoms. The van der Waals surface area contributed by atoms with Gasteiger partial charge in [0.05, 0.1) is 18.2 Å². The molecule has 0 amide bonds. The SMILES string of the molecule is CCOCCN(C)C(C)C(=O)c1ccc(F)cc1F. The smallest absolute Gasteiger partial charge is 0.182 e. The van der Waals surface area contributed by atoms with Crippen LogP contribution in [0.5, 0.6) is 0 Å². The van der Waals surface area contributed by atoms with Gasteiger partial charge in [-0.05, 0) is 33.0 Å². The summed E-state index contributed by atoms with van der Waals surface area (Å²) in [6.45, 7) is 5.28. The van der Waals surface area contributed by atoms with Gasteiger partial charge in [0, 0.05) is 19.2 Å². The number of ketones is 1. The standard InChI is InChI=1S/C14H19F2NO2/c1-4-19-8-7-17(3)10(2)14(18)12-6-5-11(15)9-13(12)16/h5-6,9-10H,4,7-8H2,1-3H3. The van der Waals surface area contributed by atoms with Crippen molar-refractivity contribution in [2.75, 3.05) is 26.8 Å². The van der Waals surface area contributed by atoms with Crippen molar-refractivity contribution in [2.24, 2.45) is 0 Å². The Morgan fingerprint density at radius 3 is 2.68 bits per heavy atom. The summed E-state index contributed by atoms with van der Waals surface area (Å²) in [5.41, 5.74) is -0.0860. The Kier molecular flexibility index (Phi) is 6.05. The second-order valence-corrected chi connectivity index (χ2v) is 4.34. The Bertz CT molecular complexity index is 437. The summed E-state index contributed by atoms with van der Waals surface area (Å²) in [6, 6.07) is 2.50. The number of rotatable bonds is 7. The van der Waals surface area contributed by atoms with Crippen molar-refractivity contribution in [1.82, 2.24) is 4.90 Å². The molecule has 0 aliphatic rings. The van der Waals surface area contributed by atoms with Gasteiger partial charge in [0.1, 0.15) is 11.6 Å². The maximum Gasteiger partial charge on any atom is 0.182 e. The van der Waals surface area contributed by atoms with E-state index < -0.39 is 17.7 Å². The summed E-state index contributed by atoms with van der Waals surface area (Å²) in [5.74, 6) is -1.88. The quantitative estimate of drug-likeness (QED) is 0.563. The Labute approximate surface area is 112 Å². The molecule has 1 aromatic rings. The first kappa shape index (κ1) is 15.7. The summed E-state index contributed by atoms with van der Waals surface area (Å²) in [5, 5.41) is 0. The van der Waals surface area contributed by atoms with Gasteiger partial charge >= 0.3 is 0 Å². The third kappa shape index (κ3) is 4.36. The molecule has 1 rings (SSSR count). The first-order valence-electron chi connectivity index (χ1n) is 6.24. The fraction of sp³-hybridized carbons (Fsp3) is 0.500. The van der Waals surface area contributed by atoms with Crippen molar-refractivity contribution in [2.45, 2.75) is 19.9 Å². The first-order chi connectivity index (χ1) is 8.97. The van der Waals surface area contributed by atoms with Crippen molar-refractivity contribution >= 4 is 5.78 Å². The van der Waals surface area contributed by atoms with E-state index in [0.717, 1.165) is 12.1 Å². The molecule has 5 heteroatoms. The molecule has 0 N–H and O–H groups in total. The lowest BCUT2D eigenvalue weighted by Gasteiger charge is -2.23. The van der Waals surface area contributed by atoms with Gasteiger partial charge in [-0.15, -0.1) is 0 Å². The van der Waals surface area contributed by atoms with E-state index in [9.17, 15) is 13.6 Å². The normalized spacial score (nSPS) is 12.7. The lowest BCUT2D eigenvalue weighted by molar-refractivity contribution is 0.0785. The van der Waals surface area contributed by atoms with Gasteiger partial charge in [-0.25, -0.2) is 8.78 Å². The number of Topliss-reactive ketones (excluding diaryl/α,β-unsaturated/α-hetero) is 1. The van der Waals surface area contributed by atoms with E-state index >= 15 is 0 Å². The maximum atomic E-state index is 13.5. The number of carbonyl (C=O) groups is 1. The summed E-state index contributed by atoms with van der Waals surface area (Å²) in [6.07, 6.45) is 0. The highest BCUT2D eigenvalue weighted by Gasteiger charge is 2.22. The first-order valence-corrected chi connectivity index (χ1v) is 6.24. The van der Waals surface area contributed by atoms with Crippen LogP contribution in [-0.2, 0) is 4.74 Å². The highest BCUT2D eigenvalue weighted by Crippen LogP contribution is 2.13. The summed E-state index contributed by atoms with van der Waals surface area (Å²) < 4.78 is 31.5. The average molecular weight is 271 g/mol. The van der Waals surface area contributed by atoms with Gasteiger partial charge in [0.25, 0.3) is 0 Å². The molecular weight excluding hydrogens is 252 g/mol. The van der Waals surface area contributed by atoms with E-state index in [2.05, 4.69) is 0 Å².